The van der Waals surface area contributed by atoms with Gasteiger partial charge in [0.2, 0.25) is 5.91 Å². The van der Waals surface area contributed by atoms with Gasteiger partial charge in [0.15, 0.2) is 0 Å². The highest BCUT2D eigenvalue weighted by Crippen LogP contribution is 2.33. The first-order chi connectivity index (χ1) is 12.9. The largest absolute Gasteiger partial charge is 0.466 e. The molecule has 2 heterocycles. The van der Waals surface area contributed by atoms with Crippen molar-refractivity contribution in [3.63, 3.8) is 0 Å². The summed E-state index contributed by atoms with van der Waals surface area (Å²) in [7, 11) is 0. The zero-order valence-electron chi connectivity index (χ0n) is 17.0. The van der Waals surface area contributed by atoms with Crippen LogP contribution in [0.5, 0.6) is 0 Å². The predicted molar refractivity (Wildman–Crippen MR) is 104 cm³/mol. The Morgan fingerprint density at radius 1 is 1.11 bits per heavy atom. The van der Waals surface area contributed by atoms with Crippen LogP contribution < -0.4 is 0 Å². The highest BCUT2D eigenvalue weighted by molar-refractivity contribution is 5.83. The number of rotatable bonds is 5. The molecular formula is C22H31NO4. The number of esters is 1. The van der Waals surface area contributed by atoms with Gasteiger partial charge in [-0.1, -0.05) is 0 Å². The van der Waals surface area contributed by atoms with Crippen LogP contribution in [0.4, 0.5) is 0 Å². The summed E-state index contributed by atoms with van der Waals surface area (Å²) in [5.74, 6) is 0.531. The zero-order chi connectivity index (χ0) is 19.6. The first-order valence-corrected chi connectivity index (χ1v) is 10.0. The van der Waals surface area contributed by atoms with E-state index in [0.29, 0.717) is 25.5 Å². The SMILES string of the molecule is CCOC(=O)Cc1c(C)c(C)c2c(c1C)CC(=O)N(CC1CCOCC1)C2. The zero-order valence-corrected chi connectivity index (χ0v) is 17.0. The number of amides is 1. The Bertz CT molecular complexity index is 735. The Morgan fingerprint density at radius 2 is 1.81 bits per heavy atom. The van der Waals surface area contributed by atoms with Gasteiger partial charge < -0.3 is 14.4 Å². The Hall–Kier alpha value is -1.88. The Balaban J connectivity index is 1.86. The second-order valence-electron chi connectivity index (χ2n) is 7.80. The van der Waals surface area contributed by atoms with Gasteiger partial charge >= 0.3 is 5.97 Å². The van der Waals surface area contributed by atoms with Gasteiger partial charge in [-0.25, -0.2) is 0 Å². The third-order valence-electron chi connectivity index (χ3n) is 6.21. The molecule has 1 aromatic carbocycles. The van der Waals surface area contributed by atoms with Crippen LogP contribution in [0.2, 0.25) is 0 Å². The van der Waals surface area contributed by atoms with E-state index in [4.69, 9.17) is 9.47 Å². The Labute approximate surface area is 162 Å². The minimum Gasteiger partial charge on any atom is -0.466 e. The summed E-state index contributed by atoms with van der Waals surface area (Å²) < 4.78 is 10.6. The van der Waals surface area contributed by atoms with Crippen molar-refractivity contribution in [3.05, 3.63) is 33.4 Å². The topological polar surface area (TPSA) is 55.8 Å². The molecule has 2 aliphatic rings. The van der Waals surface area contributed by atoms with Gasteiger partial charge in [-0.2, -0.15) is 0 Å². The van der Waals surface area contributed by atoms with E-state index >= 15 is 0 Å². The van der Waals surface area contributed by atoms with E-state index in [1.165, 1.54) is 11.1 Å². The number of fused-ring (bicyclic) bond motifs is 1. The van der Waals surface area contributed by atoms with Crippen LogP contribution in [0.15, 0.2) is 0 Å². The number of carbonyl (C=O) groups is 2. The smallest absolute Gasteiger partial charge is 0.310 e. The van der Waals surface area contributed by atoms with Crippen LogP contribution in [0.25, 0.3) is 0 Å². The van der Waals surface area contributed by atoms with Gasteiger partial charge in [0.25, 0.3) is 0 Å². The molecule has 27 heavy (non-hydrogen) atoms. The standard InChI is InChI=1S/C22H31NO4/c1-5-27-22(25)11-18-14(2)15(3)20-13-23(12-17-6-8-26-9-7-17)21(24)10-19(20)16(18)4/h17H,5-13H2,1-4H3. The highest BCUT2D eigenvalue weighted by Gasteiger charge is 2.30. The van der Waals surface area contributed by atoms with E-state index in [2.05, 4.69) is 13.8 Å². The molecule has 148 valence electrons. The minimum absolute atomic E-state index is 0.197. The average molecular weight is 373 g/mol. The van der Waals surface area contributed by atoms with Crippen LogP contribution in [0, 0.1) is 26.7 Å². The average Bonchev–Trinajstić information content (AvgIpc) is 2.66. The van der Waals surface area contributed by atoms with Crippen LogP contribution >= 0.6 is 0 Å². The van der Waals surface area contributed by atoms with Crippen molar-refractivity contribution < 1.29 is 19.1 Å². The predicted octanol–water partition coefficient (Wildman–Crippen LogP) is 3.03. The van der Waals surface area contributed by atoms with Crippen LogP contribution in [0.3, 0.4) is 0 Å². The molecule has 0 saturated carbocycles. The molecule has 5 heteroatoms. The van der Waals surface area contributed by atoms with Crippen molar-refractivity contribution >= 4 is 11.9 Å². The van der Waals surface area contributed by atoms with Crippen molar-refractivity contribution in [1.82, 2.24) is 4.90 Å². The van der Waals surface area contributed by atoms with Crippen molar-refractivity contribution in [2.45, 2.75) is 59.9 Å². The lowest BCUT2D eigenvalue weighted by molar-refractivity contribution is -0.142. The van der Waals surface area contributed by atoms with Gasteiger partial charge in [-0.05, 0) is 79.8 Å². The maximum Gasteiger partial charge on any atom is 0.310 e. The summed E-state index contributed by atoms with van der Waals surface area (Å²) in [6.07, 6.45) is 2.78. The second-order valence-corrected chi connectivity index (χ2v) is 7.80. The van der Waals surface area contributed by atoms with Gasteiger partial charge in [0.1, 0.15) is 0 Å². The third kappa shape index (κ3) is 4.18. The molecule has 2 aliphatic heterocycles. The summed E-state index contributed by atoms with van der Waals surface area (Å²) in [4.78, 5) is 26.9. The van der Waals surface area contributed by atoms with E-state index in [1.807, 2.05) is 18.7 Å². The molecule has 1 amide bonds. The fourth-order valence-electron chi connectivity index (χ4n) is 4.39. The fourth-order valence-corrected chi connectivity index (χ4v) is 4.39. The van der Waals surface area contributed by atoms with Crippen molar-refractivity contribution in [2.24, 2.45) is 5.92 Å². The van der Waals surface area contributed by atoms with E-state index in [-0.39, 0.29) is 18.3 Å². The van der Waals surface area contributed by atoms with E-state index in [0.717, 1.165) is 54.9 Å². The van der Waals surface area contributed by atoms with Crippen LogP contribution in [0.1, 0.15) is 53.1 Å². The maximum atomic E-state index is 12.8. The number of carbonyl (C=O) groups excluding carboxylic acids is 2. The van der Waals surface area contributed by atoms with Crippen LogP contribution in [-0.4, -0.2) is 43.1 Å². The summed E-state index contributed by atoms with van der Waals surface area (Å²) >= 11 is 0. The molecule has 0 atom stereocenters. The third-order valence-corrected chi connectivity index (χ3v) is 6.21. The molecule has 0 bridgehead atoms. The van der Waals surface area contributed by atoms with E-state index < -0.39 is 0 Å². The van der Waals surface area contributed by atoms with Crippen molar-refractivity contribution in [1.29, 1.82) is 0 Å². The summed E-state index contributed by atoms with van der Waals surface area (Å²) in [6.45, 7) is 11.6. The van der Waals surface area contributed by atoms with Gasteiger partial charge in [0, 0.05) is 26.3 Å². The summed E-state index contributed by atoms with van der Waals surface area (Å²) in [5.41, 5.74) is 6.85. The lowest BCUT2D eigenvalue weighted by atomic mass is 9.83. The molecule has 0 spiro atoms. The normalized spacial score (nSPS) is 17.8. The second kappa shape index (κ2) is 8.42. The monoisotopic (exact) mass is 373 g/mol. The number of hydrogen-bond acceptors (Lipinski definition) is 4. The summed E-state index contributed by atoms with van der Waals surface area (Å²) in [6, 6.07) is 0. The van der Waals surface area contributed by atoms with Crippen molar-refractivity contribution in [2.75, 3.05) is 26.4 Å². The molecule has 0 unspecified atom stereocenters. The molecule has 3 rings (SSSR count). The molecule has 0 N–H and O–H groups in total. The van der Waals surface area contributed by atoms with Gasteiger partial charge in [-0.15, -0.1) is 0 Å². The van der Waals surface area contributed by atoms with Crippen molar-refractivity contribution in [3.8, 4) is 0 Å². The highest BCUT2D eigenvalue weighted by atomic mass is 16.5. The first-order valence-electron chi connectivity index (χ1n) is 10.0. The minimum atomic E-state index is -0.202. The molecule has 1 aromatic rings. The number of ether oxygens (including phenoxy) is 2. The lowest BCUT2D eigenvalue weighted by Gasteiger charge is -2.35. The van der Waals surface area contributed by atoms with Gasteiger partial charge in [0.05, 0.1) is 19.4 Å². The lowest BCUT2D eigenvalue weighted by Crippen LogP contribution is -2.41. The van der Waals surface area contributed by atoms with Gasteiger partial charge in [-0.3, -0.25) is 9.59 Å². The Morgan fingerprint density at radius 3 is 2.48 bits per heavy atom. The molecule has 1 fully saturated rings. The number of nitrogens with zero attached hydrogens (tertiary/aromatic N) is 1. The maximum absolute atomic E-state index is 12.8. The van der Waals surface area contributed by atoms with E-state index in [1.54, 1.807) is 0 Å². The van der Waals surface area contributed by atoms with Crippen LogP contribution in [-0.2, 0) is 38.4 Å². The molecule has 0 aromatic heterocycles. The molecular weight excluding hydrogens is 342 g/mol. The van der Waals surface area contributed by atoms with E-state index in [9.17, 15) is 9.59 Å². The quantitative estimate of drug-likeness (QED) is 0.745. The molecule has 0 aliphatic carbocycles. The number of benzene rings is 1. The first kappa shape index (κ1) is 19.9. The molecule has 1 saturated heterocycles. The molecule has 5 nitrogen and oxygen atoms in total. The number of hydrogen-bond donors (Lipinski definition) is 0. The Kier molecular flexibility index (Phi) is 6.20. The fraction of sp³-hybridized carbons (Fsp3) is 0.636. The summed E-state index contributed by atoms with van der Waals surface area (Å²) in [5, 5.41) is 0. The molecule has 0 radical (unpaired) electrons.